The highest BCUT2D eigenvalue weighted by molar-refractivity contribution is 7.71. The van der Waals surface area contributed by atoms with Gasteiger partial charge in [0.05, 0.1) is 12.2 Å². The molecule has 2 aromatic rings. The zero-order valence-corrected chi connectivity index (χ0v) is 9.44. The third-order valence-corrected chi connectivity index (χ3v) is 3.48. The Kier molecular flexibility index (Phi) is 2.74. The quantitative estimate of drug-likeness (QED) is 0.727. The van der Waals surface area contributed by atoms with Crippen LogP contribution in [-0.2, 0) is 6.54 Å². The molecule has 0 unspecified atom stereocenters. The van der Waals surface area contributed by atoms with Gasteiger partial charge in [0.15, 0.2) is 0 Å². The minimum absolute atomic E-state index is 0.825. The fourth-order valence-corrected chi connectivity index (χ4v) is 2.21. The van der Waals surface area contributed by atoms with Crippen molar-refractivity contribution in [2.75, 3.05) is 0 Å². The van der Waals surface area contributed by atoms with Crippen molar-refractivity contribution < 1.29 is 0 Å². The summed E-state index contributed by atoms with van der Waals surface area (Å²) in [6, 6.07) is 10.3. The van der Waals surface area contributed by atoms with E-state index in [1.54, 1.807) is 0 Å². The van der Waals surface area contributed by atoms with Crippen molar-refractivity contribution in [1.29, 1.82) is 0 Å². The molecule has 0 radical (unpaired) electrons. The zero-order valence-electron chi connectivity index (χ0n) is 7.80. The zero-order chi connectivity index (χ0) is 9.97. The summed E-state index contributed by atoms with van der Waals surface area (Å²) in [5, 5.41) is 0. The summed E-state index contributed by atoms with van der Waals surface area (Å²) in [6.45, 7) is 2.77. The van der Waals surface area contributed by atoms with Crippen molar-refractivity contribution in [3.63, 3.8) is 0 Å². The molecular weight excluding hydrogens is 212 g/mol. The van der Waals surface area contributed by atoms with Crippen molar-refractivity contribution in [2.24, 2.45) is 0 Å². The molecule has 2 nitrogen and oxygen atoms in total. The minimum atomic E-state index is 0.825. The van der Waals surface area contributed by atoms with Gasteiger partial charge >= 0.3 is 0 Å². The lowest BCUT2D eigenvalue weighted by Crippen LogP contribution is -1.95. The van der Waals surface area contributed by atoms with Gasteiger partial charge in [-0.3, -0.25) is 3.96 Å². The Hall–Kier alpha value is -1.00. The number of aromatic nitrogens is 2. The van der Waals surface area contributed by atoms with Crippen LogP contribution in [0.5, 0.6) is 0 Å². The summed E-state index contributed by atoms with van der Waals surface area (Å²) < 4.78 is 7.09. The molecule has 0 amide bonds. The van der Waals surface area contributed by atoms with E-state index in [9.17, 15) is 0 Å². The molecule has 0 saturated heterocycles. The van der Waals surface area contributed by atoms with E-state index in [1.165, 1.54) is 17.3 Å². The Balaban J connectivity index is 2.28. The minimum Gasteiger partial charge on any atom is -0.266 e. The second-order valence-electron chi connectivity index (χ2n) is 3.09. The third kappa shape index (κ3) is 1.91. The summed E-state index contributed by atoms with van der Waals surface area (Å²) in [6.07, 6.45) is 0. The van der Waals surface area contributed by atoms with E-state index in [4.69, 9.17) is 12.2 Å². The normalized spacial score (nSPS) is 10.4. The summed E-state index contributed by atoms with van der Waals surface area (Å²) in [7, 11) is 0. The molecule has 1 aromatic carbocycles. The topological polar surface area (TPSA) is 17.8 Å². The SMILES string of the molecule is Cc1nsn(Cc2ccccc2)c1=S. The van der Waals surface area contributed by atoms with E-state index >= 15 is 0 Å². The predicted molar refractivity (Wildman–Crippen MR) is 61.2 cm³/mol. The molecule has 0 aliphatic heterocycles. The largest absolute Gasteiger partial charge is 0.266 e. The molecule has 0 atom stereocenters. The lowest BCUT2D eigenvalue weighted by atomic mass is 10.2. The fraction of sp³-hybridized carbons (Fsp3) is 0.200. The Morgan fingerprint density at radius 2 is 2.07 bits per heavy atom. The number of hydrogen-bond acceptors (Lipinski definition) is 3. The van der Waals surface area contributed by atoms with Crippen molar-refractivity contribution in [3.8, 4) is 0 Å². The Morgan fingerprint density at radius 3 is 2.64 bits per heavy atom. The van der Waals surface area contributed by atoms with Gasteiger partial charge in [-0.2, -0.15) is 4.37 Å². The van der Waals surface area contributed by atoms with Crippen LogP contribution in [-0.4, -0.2) is 8.33 Å². The number of nitrogens with zero attached hydrogens (tertiary/aromatic N) is 2. The second kappa shape index (κ2) is 4.02. The van der Waals surface area contributed by atoms with Crippen LogP contribution in [0, 0.1) is 11.6 Å². The summed E-state index contributed by atoms with van der Waals surface area (Å²) in [5.74, 6) is 0. The first kappa shape index (κ1) is 9.55. The molecule has 0 bridgehead atoms. The molecule has 0 saturated carbocycles. The van der Waals surface area contributed by atoms with Crippen LogP contribution in [0.2, 0.25) is 0 Å². The lowest BCUT2D eigenvalue weighted by molar-refractivity contribution is 0.865. The molecule has 4 heteroatoms. The van der Waals surface area contributed by atoms with Gasteiger partial charge in [0.25, 0.3) is 0 Å². The molecule has 1 aromatic heterocycles. The Bertz CT molecular complexity index is 470. The molecule has 72 valence electrons. The standard InChI is InChI=1S/C10H10N2S2/c1-8-10(13)12(14-11-8)7-9-5-3-2-4-6-9/h2-6H,7H2,1H3. The van der Waals surface area contributed by atoms with Gasteiger partial charge < -0.3 is 0 Å². The van der Waals surface area contributed by atoms with Crippen molar-refractivity contribution >= 4 is 23.9 Å². The lowest BCUT2D eigenvalue weighted by Gasteiger charge is -1.99. The van der Waals surface area contributed by atoms with Crippen molar-refractivity contribution in [3.05, 3.63) is 46.2 Å². The molecule has 1 heterocycles. The van der Waals surface area contributed by atoms with Gasteiger partial charge in [-0.25, -0.2) is 0 Å². The van der Waals surface area contributed by atoms with Gasteiger partial charge in [0, 0.05) is 11.7 Å². The maximum Gasteiger partial charge on any atom is 0.139 e. The first-order valence-electron chi connectivity index (χ1n) is 4.35. The second-order valence-corrected chi connectivity index (χ2v) is 4.26. The van der Waals surface area contributed by atoms with E-state index in [0.29, 0.717) is 0 Å². The maximum atomic E-state index is 5.24. The number of benzene rings is 1. The fourth-order valence-electron chi connectivity index (χ4n) is 1.22. The summed E-state index contributed by atoms with van der Waals surface area (Å²) in [5.41, 5.74) is 2.20. The average molecular weight is 222 g/mol. The van der Waals surface area contributed by atoms with Crippen LogP contribution < -0.4 is 0 Å². The molecule has 0 aliphatic rings. The molecule has 0 N–H and O–H groups in total. The highest BCUT2D eigenvalue weighted by atomic mass is 32.1. The highest BCUT2D eigenvalue weighted by Crippen LogP contribution is 2.09. The van der Waals surface area contributed by atoms with Gasteiger partial charge in [-0.15, -0.1) is 0 Å². The van der Waals surface area contributed by atoms with E-state index in [2.05, 4.69) is 16.5 Å². The molecule has 0 aliphatic carbocycles. The van der Waals surface area contributed by atoms with Crippen LogP contribution >= 0.6 is 23.9 Å². The first-order chi connectivity index (χ1) is 6.77. The Labute approximate surface area is 92.1 Å². The highest BCUT2D eigenvalue weighted by Gasteiger charge is 2.00. The Morgan fingerprint density at radius 1 is 1.36 bits per heavy atom. The first-order valence-corrected chi connectivity index (χ1v) is 5.49. The molecule has 0 fully saturated rings. The van der Waals surface area contributed by atoms with E-state index in [1.807, 2.05) is 29.1 Å². The van der Waals surface area contributed by atoms with Crippen LogP contribution in [0.4, 0.5) is 0 Å². The van der Waals surface area contributed by atoms with Gasteiger partial charge in [0.1, 0.15) is 4.64 Å². The van der Waals surface area contributed by atoms with Crippen LogP contribution in [0.25, 0.3) is 0 Å². The summed E-state index contributed by atoms with van der Waals surface area (Å²) >= 11 is 6.67. The van der Waals surface area contributed by atoms with Crippen molar-refractivity contribution in [2.45, 2.75) is 13.5 Å². The number of rotatable bonds is 2. The van der Waals surface area contributed by atoms with E-state index in [-0.39, 0.29) is 0 Å². The van der Waals surface area contributed by atoms with Gasteiger partial charge in [-0.05, 0) is 12.5 Å². The molecule has 14 heavy (non-hydrogen) atoms. The maximum absolute atomic E-state index is 5.24. The van der Waals surface area contributed by atoms with E-state index < -0.39 is 0 Å². The molecule has 2 rings (SSSR count). The van der Waals surface area contributed by atoms with E-state index in [0.717, 1.165) is 16.9 Å². The molecule has 0 spiro atoms. The predicted octanol–water partition coefficient (Wildman–Crippen LogP) is 3.03. The monoisotopic (exact) mass is 222 g/mol. The van der Waals surface area contributed by atoms with Crippen LogP contribution in [0.15, 0.2) is 30.3 Å². The summed E-state index contributed by atoms with van der Waals surface area (Å²) in [4.78, 5) is 0. The smallest absolute Gasteiger partial charge is 0.139 e. The van der Waals surface area contributed by atoms with Crippen LogP contribution in [0.1, 0.15) is 11.3 Å². The van der Waals surface area contributed by atoms with Crippen molar-refractivity contribution in [1.82, 2.24) is 8.33 Å². The number of aryl methyl sites for hydroxylation is 1. The van der Waals surface area contributed by atoms with Gasteiger partial charge in [-0.1, -0.05) is 42.5 Å². The third-order valence-electron chi connectivity index (χ3n) is 1.98. The van der Waals surface area contributed by atoms with Gasteiger partial charge in [0.2, 0.25) is 0 Å². The van der Waals surface area contributed by atoms with Crippen LogP contribution in [0.3, 0.4) is 0 Å². The molecular formula is C10H10N2S2. The number of hydrogen-bond donors (Lipinski definition) is 0. The average Bonchev–Trinajstić information content (AvgIpc) is 2.52.